The third-order valence-electron chi connectivity index (χ3n) is 6.75. The Balaban J connectivity index is 1.25. The Morgan fingerprint density at radius 1 is 1.04 bits per heavy atom. The number of carbonyl (C=O) groups excluding carboxylic acids is 1. The zero-order valence-electron chi connectivity index (χ0n) is 16.4. The Kier molecular flexibility index (Phi) is 6.05. The van der Waals surface area contributed by atoms with Gasteiger partial charge in [0.25, 0.3) is 0 Å². The molecular formula is C22H32ClN3O. The normalized spacial score (nSPS) is 27.3. The lowest BCUT2D eigenvalue weighted by Gasteiger charge is -2.37. The van der Waals surface area contributed by atoms with E-state index < -0.39 is 0 Å². The number of rotatable bonds is 5. The minimum Gasteiger partial charge on any atom is -0.342 e. The molecule has 1 aromatic carbocycles. The average molecular weight is 390 g/mol. The number of benzene rings is 1. The van der Waals surface area contributed by atoms with Crippen LogP contribution in [0.4, 0.5) is 0 Å². The molecule has 0 radical (unpaired) electrons. The van der Waals surface area contributed by atoms with E-state index in [4.69, 9.17) is 11.6 Å². The standard InChI is InChI=1S/C22H32ClN3O/c1-2-9-24-10-7-21(8-11-24)25-13-18-15-26(16-19(18)14-25)22(27)12-17-3-5-20(23)6-4-17/h3-6,18-19,21H,2,7-16H2,1H3/t18-,19-/m1/s1. The lowest BCUT2D eigenvalue weighted by molar-refractivity contribution is -0.129. The fraction of sp³-hybridized carbons (Fsp3) is 0.682. The molecule has 148 valence electrons. The van der Waals surface area contributed by atoms with Crippen LogP contribution in [0.2, 0.25) is 5.02 Å². The summed E-state index contributed by atoms with van der Waals surface area (Å²) < 4.78 is 0. The molecule has 4 rings (SSSR count). The summed E-state index contributed by atoms with van der Waals surface area (Å²) in [5, 5.41) is 0.725. The first-order valence-corrected chi connectivity index (χ1v) is 11.0. The molecule has 0 unspecified atom stereocenters. The van der Waals surface area contributed by atoms with E-state index in [1.54, 1.807) is 0 Å². The fourth-order valence-electron chi connectivity index (χ4n) is 5.24. The van der Waals surface area contributed by atoms with Crippen molar-refractivity contribution in [2.45, 2.75) is 38.6 Å². The summed E-state index contributed by atoms with van der Waals surface area (Å²) in [6.07, 6.45) is 4.39. The van der Waals surface area contributed by atoms with Gasteiger partial charge in [-0.05, 0) is 68.4 Å². The highest BCUT2D eigenvalue weighted by molar-refractivity contribution is 6.30. The Morgan fingerprint density at radius 2 is 1.67 bits per heavy atom. The number of amides is 1. The quantitative estimate of drug-likeness (QED) is 0.774. The molecule has 3 heterocycles. The molecule has 4 nitrogen and oxygen atoms in total. The molecule has 1 amide bonds. The van der Waals surface area contributed by atoms with Gasteiger partial charge in [-0.3, -0.25) is 9.69 Å². The van der Waals surface area contributed by atoms with Crippen molar-refractivity contribution < 1.29 is 4.79 Å². The third kappa shape index (κ3) is 4.49. The number of nitrogens with zero attached hydrogens (tertiary/aromatic N) is 3. The highest BCUT2D eigenvalue weighted by atomic mass is 35.5. The summed E-state index contributed by atoms with van der Waals surface area (Å²) in [4.78, 5) is 20.1. The van der Waals surface area contributed by atoms with Crippen molar-refractivity contribution >= 4 is 17.5 Å². The monoisotopic (exact) mass is 389 g/mol. The molecule has 3 saturated heterocycles. The molecule has 0 bridgehead atoms. The van der Waals surface area contributed by atoms with Crippen LogP contribution in [0.25, 0.3) is 0 Å². The summed E-state index contributed by atoms with van der Waals surface area (Å²) in [7, 11) is 0. The average Bonchev–Trinajstić information content (AvgIpc) is 3.24. The van der Waals surface area contributed by atoms with Gasteiger partial charge in [0.05, 0.1) is 6.42 Å². The van der Waals surface area contributed by atoms with Gasteiger partial charge in [0, 0.05) is 37.2 Å². The van der Waals surface area contributed by atoms with E-state index in [1.165, 1.54) is 52.0 Å². The fourth-order valence-corrected chi connectivity index (χ4v) is 5.37. The van der Waals surface area contributed by atoms with Crippen LogP contribution in [0, 0.1) is 11.8 Å². The van der Waals surface area contributed by atoms with Crippen LogP contribution in [0.1, 0.15) is 31.7 Å². The lowest BCUT2D eigenvalue weighted by Crippen LogP contribution is -2.45. The second kappa shape index (κ2) is 8.50. The summed E-state index contributed by atoms with van der Waals surface area (Å²) >= 11 is 5.94. The van der Waals surface area contributed by atoms with Gasteiger partial charge < -0.3 is 9.80 Å². The Labute approximate surface area is 168 Å². The van der Waals surface area contributed by atoms with Gasteiger partial charge in [0.1, 0.15) is 0 Å². The number of likely N-dealkylation sites (tertiary alicyclic amines) is 3. The largest absolute Gasteiger partial charge is 0.342 e. The summed E-state index contributed by atoms with van der Waals surface area (Å²) in [6.45, 7) is 10.3. The number of hydrogen-bond donors (Lipinski definition) is 0. The van der Waals surface area contributed by atoms with Crippen LogP contribution in [-0.4, -0.2) is 72.5 Å². The van der Waals surface area contributed by atoms with E-state index >= 15 is 0 Å². The maximum Gasteiger partial charge on any atom is 0.227 e. The molecule has 0 spiro atoms. The first-order chi connectivity index (χ1) is 13.1. The Hall–Kier alpha value is -1.10. The highest BCUT2D eigenvalue weighted by Crippen LogP contribution is 2.34. The molecule has 2 atom stereocenters. The van der Waals surface area contributed by atoms with Gasteiger partial charge in [0.15, 0.2) is 0 Å². The molecule has 3 fully saturated rings. The smallest absolute Gasteiger partial charge is 0.227 e. The molecule has 0 aromatic heterocycles. The molecule has 0 N–H and O–H groups in total. The summed E-state index contributed by atoms with van der Waals surface area (Å²) in [5.74, 6) is 1.62. The zero-order valence-corrected chi connectivity index (χ0v) is 17.2. The maximum absolute atomic E-state index is 12.7. The molecule has 3 aliphatic heterocycles. The number of fused-ring (bicyclic) bond motifs is 1. The minimum atomic E-state index is 0.270. The van der Waals surface area contributed by atoms with Crippen LogP contribution < -0.4 is 0 Å². The van der Waals surface area contributed by atoms with Gasteiger partial charge in [-0.1, -0.05) is 30.7 Å². The predicted octanol–water partition coefficient (Wildman–Crippen LogP) is 3.15. The second-order valence-electron chi connectivity index (χ2n) is 8.65. The van der Waals surface area contributed by atoms with Crippen molar-refractivity contribution in [3.05, 3.63) is 34.9 Å². The molecule has 5 heteroatoms. The van der Waals surface area contributed by atoms with E-state index in [0.29, 0.717) is 18.3 Å². The van der Waals surface area contributed by atoms with Crippen LogP contribution >= 0.6 is 11.6 Å². The highest BCUT2D eigenvalue weighted by Gasteiger charge is 2.43. The number of carbonyl (C=O) groups is 1. The molecule has 0 saturated carbocycles. The maximum atomic E-state index is 12.7. The topological polar surface area (TPSA) is 26.8 Å². The van der Waals surface area contributed by atoms with Gasteiger partial charge in [-0.15, -0.1) is 0 Å². The second-order valence-corrected chi connectivity index (χ2v) is 9.09. The summed E-state index contributed by atoms with van der Waals surface area (Å²) in [6, 6.07) is 8.43. The molecule has 27 heavy (non-hydrogen) atoms. The van der Waals surface area contributed by atoms with E-state index in [0.717, 1.165) is 29.7 Å². The van der Waals surface area contributed by atoms with Crippen molar-refractivity contribution in [1.29, 1.82) is 0 Å². The van der Waals surface area contributed by atoms with E-state index in [-0.39, 0.29) is 5.91 Å². The number of halogens is 1. The van der Waals surface area contributed by atoms with E-state index in [2.05, 4.69) is 21.6 Å². The Morgan fingerprint density at radius 3 is 2.26 bits per heavy atom. The number of piperidine rings is 1. The van der Waals surface area contributed by atoms with Crippen molar-refractivity contribution in [2.75, 3.05) is 45.8 Å². The van der Waals surface area contributed by atoms with Gasteiger partial charge >= 0.3 is 0 Å². The Bertz CT molecular complexity index is 627. The van der Waals surface area contributed by atoms with Crippen LogP contribution in [0.5, 0.6) is 0 Å². The van der Waals surface area contributed by atoms with Crippen molar-refractivity contribution in [2.24, 2.45) is 11.8 Å². The van der Waals surface area contributed by atoms with Crippen LogP contribution in [0.3, 0.4) is 0 Å². The SMILES string of the molecule is CCCN1CCC(N2C[C@@H]3CN(C(=O)Cc4ccc(Cl)cc4)C[C@H]3C2)CC1. The van der Waals surface area contributed by atoms with Gasteiger partial charge in [0.2, 0.25) is 5.91 Å². The van der Waals surface area contributed by atoms with Gasteiger partial charge in [-0.2, -0.15) is 0 Å². The molecule has 1 aromatic rings. The first kappa shape index (κ1) is 19.2. The van der Waals surface area contributed by atoms with Crippen molar-refractivity contribution in [3.63, 3.8) is 0 Å². The van der Waals surface area contributed by atoms with Crippen LogP contribution in [-0.2, 0) is 11.2 Å². The summed E-state index contributed by atoms with van der Waals surface area (Å²) in [5.41, 5.74) is 1.06. The lowest BCUT2D eigenvalue weighted by atomic mass is 10.0. The molecule has 3 aliphatic rings. The van der Waals surface area contributed by atoms with Crippen LogP contribution in [0.15, 0.2) is 24.3 Å². The minimum absolute atomic E-state index is 0.270. The van der Waals surface area contributed by atoms with E-state index in [9.17, 15) is 4.79 Å². The number of hydrogen-bond acceptors (Lipinski definition) is 3. The van der Waals surface area contributed by atoms with Crippen molar-refractivity contribution in [3.8, 4) is 0 Å². The molecular weight excluding hydrogens is 358 g/mol. The first-order valence-electron chi connectivity index (χ1n) is 10.6. The van der Waals surface area contributed by atoms with Gasteiger partial charge in [-0.25, -0.2) is 0 Å². The van der Waals surface area contributed by atoms with E-state index in [1.807, 2.05) is 24.3 Å². The third-order valence-corrected chi connectivity index (χ3v) is 7.00. The predicted molar refractivity (Wildman–Crippen MR) is 110 cm³/mol. The molecule has 0 aliphatic carbocycles. The van der Waals surface area contributed by atoms with Crippen molar-refractivity contribution in [1.82, 2.24) is 14.7 Å². The zero-order chi connectivity index (χ0) is 18.8.